The van der Waals surface area contributed by atoms with Gasteiger partial charge >= 0.3 is 0 Å². The third-order valence-corrected chi connectivity index (χ3v) is 3.81. The summed E-state index contributed by atoms with van der Waals surface area (Å²) in [7, 11) is 0. The molecule has 1 aromatic carbocycles. The van der Waals surface area contributed by atoms with Crippen molar-refractivity contribution >= 4 is 11.0 Å². The number of rotatable bonds is 2. The van der Waals surface area contributed by atoms with Crippen molar-refractivity contribution in [1.82, 2.24) is 4.90 Å². The van der Waals surface area contributed by atoms with Gasteiger partial charge in [0.1, 0.15) is 11.3 Å². The second kappa shape index (κ2) is 5.17. The summed E-state index contributed by atoms with van der Waals surface area (Å²) in [5, 5.41) is 0.665. The van der Waals surface area contributed by atoms with Gasteiger partial charge in [0.15, 0.2) is 5.43 Å². The van der Waals surface area contributed by atoms with E-state index in [1.807, 2.05) is 24.3 Å². The summed E-state index contributed by atoms with van der Waals surface area (Å²) in [6, 6.07) is 9.08. The number of hydrogen-bond acceptors (Lipinski definition) is 3. The summed E-state index contributed by atoms with van der Waals surface area (Å²) in [4.78, 5) is 14.4. The molecule has 1 aliphatic heterocycles. The van der Waals surface area contributed by atoms with E-state index < -0.39 is 0 Å². The van der Waals surface area contributed by atoms with Crippen LogP contribution in [0.1, 0.15) is 25.5 Å². The first-order chi connectivity index (χ1) is 9.22. The number of para-hydroxylation sites is 1. The molecule has 1 atom stereocenters. The summed E-state index contributed by atoms with van der Waals surface area (Å²) in [6.45, 7) is 5.21. The quantitative estimate of drug-likeness (QED) is 0.829. The Bertz CT molecular complexity index is 632. The molecule has 1 aromatic heterocycles. The number of nitrogens with zero attached hydrogens (tertiary/aromatic N) is 1. The lowest BCUT2D eigenvalue weighted by Crippen LogP contribution is -2.33. The standard InChI is InChI=1S/C16H19NO2/c1-12-5-4-8-17(10-12)11-13-9-15(18)14-6-2-3-7-16(14)19-13/h2-3,6-7,9,12H,4-5,8,10-11H2,1H3/t12-/m0/s1. The van der Waals surface area contributed by atoms with E-state index in [2.05, 4.69) is 11.8 Å². The Balaban J connectivity index is 1.87. The van der Waals surface area contributed by atoms with Crippen molar-refractivity contribution in [3.8, 4) is 0 Å². The van der Waals surface area contributed by atoms with Crippen LogP contribution in [0.25, 0.3) is 11.0 Å². The Kier molecular flexibility index (Phi) is 3.38. The van der Waals surface area contributed by atoms with E-state index in [0.717, 1.165) is 31.3 Å². The van der Waals surface area contributed by atoms with Gasteiger partial charge < -0.3 is 4.42 Å². The molecule has 0 amide bonds. The molecule has 2 heterocycles. The van der Waals surface area contributed by atoms with Crippen LogP contribution in [0.4, 0.5) is 0 Å². The van der Waals surface area contributed by atoms with Gasteiger partial charge in [-0.2, -0.15) is 0 Å². The van der Waals surface area contributed by atoms with Crippen LogP contribution in [-0.2, 0) is 6.54 Å². The highest BCUT2D eigenvalue weighted by atomic mass is 16.3. The molecule has 0 N–H and O–H groups in total. The first kappa shape index (κ1) is 12.4. The van der Waals surface area contributed by atoms with Crippen LogP contribution in [0.2, 0.25) is 0 Å². The van der Waals surface area contributed by atoms with Crippen LogP contribution < -0.4 is 5.43 Å². The van der Waals surface area contributed by atoms with E-state index in [0.29, 0.717) is 11.0 Å². The predicted molar refractivity (Wildman–Crippen MR) is 76.2 cm³/mol. The Morgan fingerprint density at radius 3 is 3.05 bits per heavy atom. The molecule has 1 saturated heterocycles. The first-order valence-electron chi connectivity index (χ1n) is 6.96. The van der Waals surface area contributed by atoms with Crippen molar-refractivity contribution in [2.75, 3.05) is 13.1 Å². The topological polar surface area (TPSA) is 33.5 Å². The second-order valence-electron chi connectivity index (χ2n) is 5.56. The van der Waals surface area contributed by atoms with Crippen LogP contribution in [0.15, 0.2) is 39.5 Å². The Hall–Kier alpha value is -1.61. The predicted octanol–water partition coefficient (Wildman–Crippen LogP) is 3.02. The fourth-order valence-corrected chi connectivity index (χ4v) is 2.88. The lowest BCUT2D eigenvalue weighted by atomic mass is 10.0. The zero-order chi connectivity index (χ0) is 13.2. The second-order valence-corrected chi connectivity index (χ2v) is 5.56. The minimum absolute atomic E-state index is 0.0573. The van der Waals surface area contributed by atoms with E-state index in [9.17, 15) is 4.79 Å². The highest BCUT2D eigenvalue weighted by molar-refractivity contribution is 5.76. The molecule has 3 heteroatoms. The highest BCUT2D eigenvalue weighted by Crippen LogP contribution is 2.19. The Morgan fingerprint density at radius 2 is 2.21 bits per heavy atom. The van der Waals surface area contributed by atoms with Gasteiger partial charge in [0.2, 0.25) is 0 Å². The zero-order valence-corrected chi connectivity index (χ0v) is 11.3. The highest BCUT2D eigenvalue weighted by Gasteiger charge is 2.17. The molecule has 2 aromatic rings. The monoisotopic (exact) mass is 257 g/mol. The molecular formula is C16H19NO2. The van der Waals surface area contributed by atoms with E-state index >= 15 is 0 Å². The maximum atomic E-state index is 12.0. The Labute approximate surface area is 112 Å². The first-order valence-corrected chi connectivity index (χ1v) is 6.96. The smallest absolute Gasteiger partial charge is 0.192 e. The van der Waals surface area contributed by atoms with Gasteiger partial charge in [0.05, 0.1) is 11.9 Å². The summed E-state index contributed by atoms with van der Waals surface area (Å²) < 4.78 is 5.84. The minimum atomic E-state index is 0.0573. The Morgan fingerprint density at radius 1 is 1.37 bits per heavy atom. The molecule has 100 valence electrons. The van der Waals surface area contributed by atoms with Crippen molar-refractivity contribution < 1.29 is 4.42 Å². The molecule has 3 nitrogen and oxygen atoms in total. The lowest BCUT2D eigenvalue weighted by molar-refractivity contribution is 0.166. The summed E-state index contributed by atoms with van der Waals surface area (Å²) in [5.74, 6) is 1.51. The van der Waals surface area contributed by atoms with Crippen LogP contribution in [0.3, 0.4) is 0 Å². The number of benzene rings is 1. The van der Waals surface area contributed by atoms with Crippen molar-refractivity contribution in [2.45, 2.75) is 26.3 Å². The number of hydrogen-bond donors (Lipinski definition) is 0. The molecular weight excluding hydrogens is 238 g/mol. The van der Waals surface area contributed by atoms with Crippen LogP contribution in [0, 0.1) is 5.92 Å². The number of piperidine rings is 1. The average molecular weight is 257 g/mol. The fourth-order valence-electron chi connectivity index (χ4n) is 2.88. The summed E-state index contributed by atoms with van der Waals surface area (Å²) in [6.07, 6.45) is 2.54. The van der Waals surface area contributed by atoms with E-state index in [-0.39, 0.29) is 5.43 Å². The van der Waals surface area contributed by atoms with Crippen molar-refractivity contribution in [3.63, 3.8) is 0 Å². The molecule has 1 aliphatic rings. The van der Waals surface area contributed by atoms with E-state index in [1.165, 1.54) is 12.8 Å². The molecule has 3 rings (SSSR count). The van der Waals surface area contributed by atoms with Crippen molar-refractivity contribution in [3.05, 3.63) is 46.3 Å². The summed E-state index contributed by atoms with van der Waals surface area (Å²) >= 11 is 0. The maximum Gasteiger partial charge on any atom is 0.192 e. The van der Waals surface area contributed by atoms with Crippen LogP contribution >= 0.6 is 0 Å². The van der Waals surface area contributed by atoms with Gasteiger partial charge in [0, 0.05) is 12.6 Å². The van der Waals surface area contributed by atoms with Crippen LogP contribution in [0.5, 0.6) is 0 Å². The minimum Gasteiger partial charge on any atom is -0.459 e. The van der Waals surface area contributed by atoms with Gasteiger partial charge in [-0.05, 0) is 37.4 Å². The SMILES string of the molecule is C[C@H]1CCCN(Cc2cc(=O)c3ccccc3o2)C1. The van der Waals surface area contributed by atoms with Gasteiger partial charge in [-0.25, -0.2) is 0 Å². The zero-order valence-electron chi connectivity index (χ0n) is 11.3. The van der Waals surface area contributed by atoms with E-state index in [1.54, 1.807) is 6.07 Å². The van der Waals surface area contributed by atoms with Gasteiger partial charge in [-0.3, -0.25) is 9.69 Å². The largest absolute Gasteiger partial charge is 0.459 e. The number of likely N-dealkylation sites (tertiary alicyclic amines) is 1. The molecule has 0 bridgehead atoms. The van der Waals surface area contributed by atoms with Crippen molar-refractivity contribution in [1.29, 1.82) is 0 Å². The van der Waals surface area contributed by atoms with Gasteiger partial charge in [-0.1, -0.05) is 19.1 Å². The van der Waals surface area contributed by atoms with Gasteiger partial charge in [-0.15, -0.1) is 0 Å². The molecule has 0 unspecified atom stereocenters. The molecule has 19 heavy (non-hydrogen) atoms. The van der Waals surface area contributed by atoms with Crippen molar-refractivity contribution in [2.24, 2.45) is 5.92 Å². The average Bonchev–Trinajstić information content (AvgIpc) is 2.39. The normalized spacial score (nSPS) is 20.8. The third kappa shape index (κ3) is 2.71. The van der Waals surface area contributed by atoms with Crippen LogP contribution in [-0.4, -0.2) is 18.0 Å². The third-order valence-electron chi connectivity index (χ3n) is 3.81. The molecule has 0 radical (unpaired) electrons. The fraction of sp³-hybridized carbons (Fsp3) is 0.438. The molecule has 0 aliphatic carbocycles. The van der Waals surface area contributed by atoms with Gasteiger partial charge in [0.25, 0.3) is 0 Å². The lowest BCUT2D eigenvalue weighted by Gasteiger charge is -2.30. The molecule has 0 saturated carbocycles. The van der Waals surface area contributed by atoms with E-state index in [4.69, 9.17) is 4.42 Å². The maximum absolute atomic E-state index is 12.0. The molecule has 0 spiro atoms. The summed E-state index contributed by atoms with van der Waals surface area (Å²) in [5.41, 5.74) is 0.747. The number of fused-ring (bicyclic) bond motifs is 1. The molecule has 1 fully saturated rings.